The van der Waals surface area contributed by atoms with Gasteiger partial charge in [-0.25, -0.2) is 4.68 Å². The maximum absolute atomic E-state index is 13.6. The standard InChI is InChI=1S/C19H14Cl2F3N3O/c20-15-7-4-8-16(21)13(15)9-10-25-18(28)14-11-26-27(17(14)19(22,23)24)12-5-2-1-3-6-12/h1-8,11H,9-10H2,(H,25,28). The molecule has 0 fully saturated rings. The van der Waals surface area contributed by atoms with Crippen LogP contribution in [0.3, 0.4) is 0 Å². The molecule has 1 amide bonds. The molecule has 3 rings (SSSR count). The molecule has 1 aromatic heterocycles. The van der Waals surface area contributed by atoms with Gasteiger partial charge in [-0.3, -0.25) is 4.79 Å². The lowest BCUT2D eigenvalue weighted by Gasteiger charge is -2.13. The number of alkyl halides is 3. The Balaban J connectivity index is 1.81. The zero-order valence-electron chi connectivity index (χ0n) is 14.3. The van der Waals surface area contributed by atoms with Crippen LogP contribution in [-0.4, -0.2) is 22.2 Å². The first kappa shape index (κ1) is 20.2. The highest BCUT2D eigenvalue weighted by molar-refractivity contribution is 6.36. The first-order valence-electron chi connectivity index (χ1n) is 8.20. The normalized spacial score (nSPS) is 11.5. The van der Waals surface area contributed by atoms with E-state index in [-0.39, 0.29) is 18.7 Å². The summed E-state index contributed by atoms with van der Waals surface area (Å²) in [6.07, 6.45) is -3.57. The van der Waals surface area contributed by atoms with Crippen LogP contribution in [0, 0.1) is 0 Å². The molecule has 0 aliphatic rings. The minimum Gasteiger partial charge on any atom is -0.352 e. The lowest BCUT2D eigenvalue weighted by molar-refractivity contribution is -0.143. The Bertz CT molecular complexity index is 968. The molecule has 0 unspecified atom stereocenters. The van der Waals surface area contributed by atoms with Crippen molar-refractivity contribution in [1.29, 1.82) is 0 Å². The number of benzene rings is 2. The van der Waals surface area contributed by atoms with Gasteiger partial charge in [0.15, 0.2) is 5.69 Å². The summed E-state index contributed by atoms with van der Waals surface area (Å²) in [5.41, 5.74) is -0.868. The molecule has 0 aliphatic heterocycles. The van der Waals surface area contributed by atoms with Crippen molar-refractivity contribution in [3.63, 3.8) is 0 Å². The summed E-state index contributed by atoms with van der Waals surface area (Å²) in [4.78, 5) is 12.4. The number of carbonyl (C=O) groups excluding carboxylic acids is 1. The summed E-state index contributed by atoms with van der Waals surface area (Å²) >= 11 is 12.1. The molecule has 0 atom stereocenters. The van der Waals surface area contributed by atoms with Gasteiger partial charge in [-0.2, -0.15) is 18.3 Å². The second-order valence-corrected chi connectivity index (χ2v) is 6.67. The number of aromatic nitrogens is 2. The Labute approximate surface area is 168 Å². The summed E-state index contributed by atoms with van der Waals surface area (Å²) in [5, 5.41) is 7.08. The predicted molar refractivity (Wildman–Crippen MR) is 101 cm³/mol. The number of rotatable bonds is 5. The fourth-order valence-electron chi connectivity index (χ4n) is 2.72. The van der Waals surface area contributed by atoms with E-state index in [1.165, 1.54) is 12.1 Å². The number of hydrogen-bond donors (Lipinski definition) is 1. The van der Waals surface area contributed by atoms with Gasteiger partial charge in [-0.15, -0.1) is 0 Å². The van der Waals surface area contributed by atoms with E-state index in [9.17, 15) is 18.0 Å². The second-order valence-electron chi connectivity index (χ2n) is 5.86. The first-order chi connectivity index (χ1) is 13.3. The maximum Gasteiger partial charge on any atom is 0.434 e. The summed E-state index contributed by atoms with van der Waals surface area (Å²) in [5.74, 6) is -0.877. The van der Waals surface area contributed by atoms with Crippen molar-refractivity contribution in [3.8, 4) is 5.69 Å². The van der Waals surface area contributed by atoms with Crippen molar-refractivity contribution in [1.82, 2.24) is 15.1 Å². The van der Waals surface area contributed by atoms with Gasteiger partial charge in [0, 0.05) is 16.6 Å². The number of para-hydroxylation sites is 1. The fraction of sp³-hybridized carbons (Fsp3) is 0.158. The number of hydrogen-bond acceptors (Lipinski definition) is 2. The van der Waals surface area contributed by atoms with Crippen LogP contribution in [0.2, 0.25) is 10.0 Å². The largest absolute Gasteiger partial charge is 0.434 e. The van der Waals surface area contributed by atoms with E-state index in [1.54, 1.807) is 36.4 Å². The minimum atomic E-state index is -4.76. The molecular weight excluding hydrogens is 414 g/mol. The lowest BCUT2D eigenvalue weighted by atomic mass is 10.1. The molecule has 0 spiro atoms. The van der Waals surface area contributed by atoms with Gasteiger partial charge in [-0.1, -0.05) is 47.5 Å². The van der Waals surface area contributed by atoms with Gasteiger partial charge in [0.2, 0.25) is 0 Å². The van der Waals surface area contributed by atoms with Gasteiger partial charge >= 0.3 is 6.18 Å². The molecule has 1 N–H and O–H groups in total. The average molecular weight is 428 g/mol. The van der Waals surface area contributed by atoms with Crippen molar-refractivity contribution in [2.24, 2.45) is 0 Å². The van der Waals surface area contributed by atoms with Crippen LogP contribution in [0.15, 0.2) is 54.7 Å². The fourth-order valence-corrected chi connectivity index (χ4v) is 3.31. The molecule has 146 valence electrons. The summed E-state index contributed by atoms with van der Waals surface area (Å²) in [6.45, 7) is 0.0656. The molecule has 0 aliphatic carbocycles. The molecule has 1 heterocycles. The highest BCUT2D eigenvalue weighted by Crippen LogP contribution is 2.33. The molecular formula is C19H14Cl2F3N3O. The Morgan fingerprint density at radius 3 is 2.29 bits per heavy atom. The Morgan fingerprint density at radius 2 is 1.68 bits per heavy atom. The van der Waals surface area contributed by atoms with Crippen LogP contribution in [0.1, 0.15) is 21.6 Å². The number of carbonyl (C=O) groups is 1. The number of nitrogens with zero attached hydrogens (tertiary/aromatic N) is 2. The van der Waals surface area contributed by atoms with Crippen molar-refractivity contribution in [3.05, 3.63) is 81.6 Å². The molecule has 3 aromatic rings. The SMILES string of the molecule is O=C(NCCc1c(Cl)cccc1Cl)c1cnn(-c2ccccc2)c1C(F)(F)F. The summed E-state index contributed by atoms with van der Waals surface area (Å²) in [6, 6.07) is 12.8. The second kappa shape index (κ2) is 8.24. The van der Waals surface area contributed by atoms with E-state index in [0.717, 1.165) is 6.20 Å². The Hall–Kier alpha value is -2.51. The molecule has 0 radical (unpaired) electrons. The molecule has 9 heteroatoms. The van der Waals surface area contributed by atoms with E-state index in [0.29, 0.717) is 20.3 Å². The topological polar surface area (TPSA) is 46.9 Å². The van der Waals surface area contributed by atoms with Crippen LogP contribution in [0.25, 0.3) is 5.69 Å². The van der Waals surface area contributed by atoms with Crippen LogP contribution in [0.5, 0.6) is 0 Å². The van der Waals surface area contributed by atoms with Gasteiger partial charge in [0.05, 0.1) is 17.4 Å². The monoisotopic (exact) mass is 427 g/mol. The molecule has 0 saturated heterocycles. The molecule has 4 nitrogen and oxygen atoms in total. The smallest absolute Gasteiger partial charge is 0.352 e. The lowest BCUT2D eigenvalue weighted by Crippen LogP contribution is -2.28. The van der Waals surface area contributed by atoms with E-state index in [4.69, 9.17) is 23.2 Å². The van der Waals surface area contributed by atoms with E-state index >= 15 is 0 Å². The van der Waals surface area contributed by atoms with E-state index in [1.807, 2.05) is 0 Å². The number of amides is 1. The van der Waals surface area contributed by atoms with Crippen molar-refractivity contribution < 1.29 is 18.0 Å². The van der Waals surface area contributed by atoms with Crippen molar-refractivity contribution >= 4 is 29.1 Å². The third kappa shape index (κ3) is 4.31. The number of halogens is 5. The zero-order valence-corrected chi connectivity index (χ0v) is 15.8. The van der Waals surface area contributed by atoms with E-state index in [2.05, 4.69) is 10.4 Å². The third-order valence-electron chi connectivity index (χ3n) is 4.01. The summed E-state index contributed by atoms with van der Waals surface area (Å²) < 4.78 is 41.5. The first-order valence-corrected chi connectivity index (χ1v) is 8.96. The summed E-state index contributed by atoms with van der Waals surface area (Å²) in [7, 11) is 0. The van der Waals surface area contributed by atoms with Crippen molar-refractivity contribution in [2.45, 2.75) is 12.6 Å². The zero-order chi connectivity index (χ0) is 20.3. The Kier molecular flexibility index (Phi) is 5.96. The van der Waals surface area contributed by atoms with E-state index < -0.39 is 23.3 Å². The third-order valence-corrected chi connectivity index (χ3v) is 4.71. The minimum absolute atomic E-state index is 0.0656. The van der Waals surface area contributed by atoms with Crippen LogP contribution in [-0.2, 0) is 12.6 Å². The average Bonchev–Trinajstić information content (AvgIpc) is 3.10. The van der Waals surface area contributed by atoms with Gasteiger partial charge in [-0.05, 0) is 36.2 Å². The molecule has 2 aromatic carbocycles. The highest BCUT2D eigenvalue weighted by Gasteiger charge is 2.40. The predicted octanol–water partition coefficient (Wildman–Crippen LogP) is 5.17. The molecule has 0 saturated carbocycles. The van der Waals surface area contributed by atoms with Gasteiger partial charge in [0.25, 0.3) is 5.91 Å². The van der Waals surface area contributed by atoms with Gasteiger partial charge in [0.1, 0.15) is 0 Å². The van der Waals surface area contributed by atoms with Crippen LogP contribution in [0.4, 0.5) is 13.2 Å². The van der Waals surface area contributed by atoms with Gasteiger partial charge < -0.3 is 5.32 Å². The highest BCUT2D eigenvalue weighted by atomic mass is 35.5. The van der Waals surface area contributed by atoms with Crippen LogP contribution < -0.4 is 5.32 Å². The van der Waals surface area contributed by atoms with Crippen molar-refractivity contribution in [2.75, 3.05) is 6.54 Å². The Morgan fingerprint density at radius 1 is 1.04 bits per heavy atom. The number of nitrogens with one attached hydrogen (secondary N) is 1. The maximum atomic E-state index is 13.6. The quantitative estimate of drug-likeness (QED) is 0.610. The molecule has 0 bridgehead atoms. The molecule has 28 heavy (non-hydrogen) atoms. The van der Waals surface area contributed by atoms with Crippen LogP contribution >= 0.6 is 23.2 Å².